The van der Waals surface area contributed by atoms with E-state index >= 15 is 0 Å². The van der Waals surface area contributed by atoms with Gasteiger partial charge in [-0.25, -0.2) is 0 Å². The van der Waals surface area contributed by atoms with Crippen LogP contribution >= 0.6 is 11.8 Å². The molecule has 0 bridgehead atoms. The molecule has 3 rings (SSSR count). The molecule has 114 valence electrons. The summed E-state index contributed by atoms with van der Waals surface area (Å²) >= 11 is 1.86. The highest BCUT2D eigenvalue weighted by Gasteiger charge is 2.46. The lowest BCUT2D eigenvalue weighted by atomic mass is 9.84. The first-order valence-corrected chi connectivity index (χ1v) is 8.49. The van der Waals surface area contributed by atoms with Gasteiger partial charge in [-0.1, -0.05) is 35.5 Å². The first-order valence-electron chi connectivity index (χ1n) is 7.51. The molecular weight excluding hydrogens is 286 g/mol. The second-order valence-corrected chi connectivity index (χ2v) is 7.30. The maximum Gasteiger partial charge on any atom is 0.168 e. The Morgan fingerprint density at radius 3 is 2.33 bits per heavy atom. The lowest BCUT2D eigenvalue weighted by Crippen LogP contribution is -2.43. The fraction of sp³-hybridized carbons (Fsp3) is 0.625. The number of thioether (sulfide) groups is 1. The predicted molar refractivity (Wildman–Crippen MR) is 84.2 cm³/mol. The Kier molecular flexibility index (Phi) is 4.62. The van der Waals surface area contributed by atoms with E-state index in [0.29, 0.717) is 19.8 Å². The molecular formula is C16H21NO3S. The van der Waals surface area contributed by atoms with Crippen LogP contribution in [0.3, 0.4) is 0 Å². The Bertz CT molecular complexity index is 464. The molecule has 2 fully saturated rings. The molecule has 0 unspecified atom stereocenters. The molecule has 1 aliphatic carbocycles. The fourth-order valence-corrected chi connectivity index (χ4v) is 4.45. The standard InChI is InChI=1S/C16H21NO3S/c18-17-13-15(21-12-14-4-2-1-3-5-14)6-8-16(9-7-15)19-10-11-20-16/h1-5H,6-13H2. The van der Waals surface area contributed by atoms with Gasteiger partial charge in [0.05, 0.1) is 19.8 Å². The van der Waals surface area contributed by atoms with Crippen LogP contribution in [0.25, 0.3) is 0 Å². The molecule has 1 saturated heterocycles. The van der Waals surface area contributed by atoms with Crippen molar-refractivity contribution in [1.82, 2.24) is 0 Å². The first kappa shape index (κ1) is 15.0. The highest BCUT2D eigenvalue weighted by molar-refractivity contribution is 7.99. The van der Waals surface area contributed by atoms with Crippen molar-refractivity contribution in [2.24, 2.45) is 5.18 Å². The number of benzene rings is 1. The SMILES string of the molecule is O=NCC1(SCc2ccccc2)CCC2(CC1)OCCO2. The van der Waals surface area contributed by atoms with Crippen LogP contribution < -0.4 is 0 Å². The van der Waals surface area contributed by atoms with Gasteiger partial charge in [0.15, 0.2) is 5.79 Å². The predicted octanol–water partition coefficient (Wildman–Crippen LogP) is 3.74. The third-order valence-electron chi connectivity index (χ3n) is 4.48. The molecule has 0 N–H and O–H groups in total. The van der Waals surface area contributed by atoms with Crippen molar-refractivity contribution < 1.29 is 9.47 Å². The van der Waals surface area contributed by atoms with E-state index in [1.807, 2.05) is 17.8 Å². The average molecular weight is 307 g/mol. The van der Waals surface area contributed by atoms with E-state index in [4.69, 9.17) is 9.47 Å². The number of nitroso groups, excluding NO2 is 1. The summed E-state index contributed by atoms with van der Waals surface area (Å²) in [5, 5.41) is 3.21. The second-order valence-electron chi connectivity index (χ2n) is 5.85. The summed E-state index contributed by atoms with van der Waals surface area (Å²) in [5.74, 6) is 0.546. The van der Waals surface area contributed by atoms with Gasteiger partial charge in [0.1, 0.15) is 0 Å². The van der Waals surface area contributed by atoms with E-state index in [9.17, 15) is 4.91 Å². The maximum atomic E-state index is 10.9. The zero-order valence-corrected chi connectivity index (χ0v) is 12.9. The van der Waals surface area contributed by atoms with Crippen molar-refractivity contribution >= 4 is 11.8 Å². The Balaban J connectivity index is 1.62. The van der Waals surface area contributed by atoms with Crippen LogP contribution in [-0.4, -0.2) is 30.3 Å². The summed E-state index contributed by atoms with van der Waals surface area (Å²) in [6.45, 7) is 1.76. The van der Waals surface area contributed by atoms with Crippen LogP contribution in [0.5, 0.6) is 0 Å². The minimum absolute atomic E-state index is 0.0574. The van der Waals surface area contributed by atoms with Gasteiger partial charge < -0.3 is 9.47 Å². The Morgan fingerprint density at radius 2 is 1.71 bits per heavy atom. The van der Waals surface area contributed by atoms with Gasteiger partial charge in [0, 0.05) is 23.3 Å². The van der Waals surface area contributed by atoms with Crippen LogP contribution in [0.2, 0.25) is 0 Å². The summed E-state index contributed by atoms with van der Waals surface area (Å²) in [5.41, 5.74) is 1.29. The number of nitrogens with zero attached hydrogens (tertiary/aromatic N) is 1. The largest absolute Gasteiger partial charge is 0.348 e. The zero-order valence-electron chi connectivity index (χ0n) is 12.1. The maximum absolute atomic E-state index is 10.9. The molecule has 4 nitrogen and oxygen atoms in total. The summed E-state index contributed by atoms with van der Waals surface area (Å²) < 4.78 is 11.5. The molecule has 1 aromatic rings. The summed E-state index contributed by atoms with van der Waals surface area (Å²) in [4.78, 5) is 10.9. The molecule has 21 heavy (non-hydrogen) atoms. The average Bonchev–Trinajstić information content (AvgIpc) is 2.99. The summed E-state index contributed by atoms with van der Waals surface area (Å²) in [7, 11) is 0. The molecule has 0 radical (unpaired) electrons. The van der Waals surface area contributed by atoms with Gasteiger partial charge in [-0.15, -0.1) is 11.8 Å². The molecule has 1 saturated carbocycles. The molecule has 0 amide bonds. The molecule has 1 aromatic carbocycles. The van der Waals surface area contributed by atoms with Gasteiger partial charge in [-0.05, 0) is 18.4 Å². The molecule has 2 aliphatic rings. The number of rotatable bonds is 5. The number of ether oxygens (including phenoxy) is 2. The molecule has 1 aliphatic heterocycles. The summed E-state index contributed by atoms with van der Waals surface area (Å²) in [6, 6.07) is 10.4. The molecule has 1 heterocycles. The monoisotopic (exact) mass is 307 g/mol. The van der Waals surface area contributed by atoms with Crippen LogP contribution in [0.1, 0.15) is 31.2 Å². The molecule has 5 heteroatoms. The lowest BCUT2D eigenvalue weighted by Gasteiger charge is -2.42. The smallest absolute Gasteiger partial charge is 0.168 e. The quantitative estimate of drug-likeness (QED) is 0.777. The minimum atomic E-state index is -0.375. The third kappa shape index (κ3) is 3.47. The van der Waals surface area contributed by atoms with Gasteiger partial charge in [0.25, 0.3) is 0 Å². The molecule has 0 atom stereocenters. The Hall–Kier alpha value is -0.910. The number of hydrogen-bond acceptors (Lipinski definition) is 5. The highest BCUT2D eigenvalue weighted by atomic mass is 32.2. The normalized spacial score (nSPS) is 23.2. The Labute approximate surface area is 129 Å². The number of hydrogen-bond donors (Lipinski definition) is 0. The Morgan fingerprint density at radius 1 is 1.05 bits per heavy atom. The lowest BCUT2D eigenvalue weighted by molar-refractivity contribution is -0.179. The van der Waals surface area contributed by atoms with Crippen molar-refractivity contribution in [3.05, 3.63) is 40.8 Å². The highest BCUT2D eigenvalue weighted by Crippen LogP contribution is 2.47. The zero-order chi connectivity index (χ0) is 14.6. The van der Waals surface area contributed by atoms with Gasteiger partial charge in [-0.3, -0.25) is 0 Å². The van der Waals surface area contributed by atoms with Crippen molar-refractivity contribution in [3.8, 4) is 0 Å². The van der Waals surface area contributed by atoms with E-state index < -0.39 is 0 Å². The van der Waals surface area contributed by atoms with Crippen LogP contribution in [0, 0.1) is 4.91 Å². The minimum Gasteiger partial charge on any atom is -0.348 e. The van der Waals surface area contributed by atoms with E-state index in [1.165, 1.54) is 5.56 Å². The van der Waals surface area contributed by atoms with E-state index in [2.05, 4.69) is 29.4 Å². The van der Waals surface area contributed by atoms with E-state index in [-0.39, 0.29) is 10.5 Å². The van der Waals surface area contributed by atoms with Crippen molar-refractivity contribution in [2.45, 2.75) is 42.0 Å². The van der Waals surface area contributed by atoms with Crippen LogP contribution in [0.4, 0.5) is 0 Å². The van der Waals surface area contributed by atoms with Crippen molar-refractivity contribution in [3.63, 3.8) is 0 Å². The van der Waals surface area contributed by atoms with E-state index in [0.717, 1.165) is 31.4 Å². The van der Waals surface area contributed by atoms with Crippen LogP contribution in [-0.2, 0) is 15.2 Å². The van der Waals surface area contributed by atoms with Gasteiger partial charge in [0.2, 0.25) is 0 Å². The first-order chi connectivity index (χ1) is 10.3. The third-order valence-corrected chi connectivity index (χ3v) is 6.10. The van der Waals surface area contributed by atoms with Crippen LogP contribution in [0.15, 0.2) is 35.5 Å². The van der Waals surface area contributed by atoms with Gasteiger partial charge >= 0.3 is 0 Å². The van der Waals surface area contributed by atoms with Gasteiger partial charge in [-0.2, -0.15) is 4.91 Å². The summed E-state index contributed by atoms with van der Waals surface area (Å²) in [6.07, 6.45) is 3.58. The molecule has 0 aromatic heterocycles. The topological polar surface area (TPSA) is 47.9 Å². The fourth-order valence-electron chi connectivity index (χ4n) is 3.15. The van der Waals surface area contributed by atoms with E-state index in [1.54, 1.807) is 0 Å². The second kappa shape index (κ2) is 6.46. The van der Waals surface area contributed by atoms with Crippen molar-refractivity contribution in [2.75, 3.05) is 19.8 Å². The molecule has 1 spiro atoms. The van der Waals surface area contributed by atoms with Crippen molar-refractivity contribution in [1.29, 1.82) is 0 Å².